The number of halogens is 1. The third-order valence-electron chi connectivity index (χ3n) is 6.99. The number of nitrogens with zero attached hydrogens (tertiary/aromatic N) is 4. The summed E-state index contributed by atoms with van der Waals surface area (Å²) in [5, 5.41) is 47.6. The smallest absolute Gasteiger partial charge is 0.550 e. The summed E-state index contributed by atoms with van der Waals surface area (Å²) in [6.07, 6.45) is -1.75. The van der Waals surface area contributed by atoms with Gasteiger partial charge < -0.3 is 40.3 Å². The SMILES string of the molecule is N#Cc1c(N)nc(SCc2csc(-c3ccc(Cl)cc3)n2)c(C#N)c1-c1ccc(OCCOC(=O)CCC(NC(=O)CCC(=O)[O-])C(=O)[O-])cc1.[Na+].[Na+]. The van der Waals surface area contributed by atoms with Gasteiger partial charge in [0.15, 0.2) is 0 Å². The molecule has 2 aromatic carbocycles. The molecule has 3 N–H and O–H groups in total. The van der Waals surface area contributed by atoms with Gasteiger partial charge >= 0.3 is 65.1 Å². The van der Waals surface area contributed by atoms with E-state index in [1.54, 1.807) is 36.4 Å². The van der Waals surface area contributed by atoms with Crippen LogP contribution in [-0.4, -0.2) is 53.0 Å². The van der Waals surface area contributed by atoms with Crippen LogP contribution < -0.4 is 85.1 Å². The van der Waals surface area contributed by atoms with E-state index < -0.39 is 42.7 Å². The molecule has 262 valence electrons. The Morgan fingerprint density at radius 1 is 0.925 bits per heavy atom. The first-order valence-electron chi connectivity index (χ1n) is 15.0. The number of pyridine rings is 1. The van der Waals surface area contributed by atoms with Crippen molar-refractivity contribution in [2.75, 3.05) is 18.9 Å². The number of nitrogens with one attached hydrogen (secondary N) is 1. The van der Waals surface area contributed by atoms with E-state index in [1.807, 2.05) is 23.6 Å². The molecule has 2 heterocycles. The number of thioether (sulfide) groups is 1. The molecule has 0 saturated carbocycles. The molecule has 19 heteroatoms. The second-order valence-corrected chi connectivity index (χ2v) is 12.8. The Labute approximate surface area is 361 Å². The van der Waals surface area contributed by atoms with Gasteiger partial charge in [-0.15, -0.1) is 11.3 Å². The van der Waals surface area contributed by atoms with Crippen molar-refractivity contribution >= 4 is 64.3 Å². The number of carboxylic acid groups (broad SMARTS) is 2. The molecular formula is C34H27ClN6Na2O8S2. The molecule has 0 aliphatic heterocycles. The number of hydrogen-bond acceptors (Lipinski definition) is 15. The minimum absolute atomic E-state index is 0. The van der Waals surface area contributed by atoms with Gasteiger partial charge in [-0.25, -0.2) is 9.97 Å². The van der Waals surface area contributed by atoms with Gasteiger partial charge in [0, 0.05) is 46.1 Å². The van der Waals surface area contributed by atoms with Crippen molar-refractivity contribution in [1.29, 1.82) is 10.5 Å². The fourth-order valence-electron chi connectivity index (χ4n) is 4.53. The number of ether oxygens (including phenoxy) is 2. The zero-order valence-corrected chi connectivity index (χ0v) is 34.9. The molecule has 0 aliphatic rings. The first-order valence-corrected chi connectivity index (χ1v) is 17.3. The van der Waals surface area contributed by atoms with Gasteiger partial charge in [-0.3, -0.25) is 9.59 Å². The van der Waals surface area contributed by atoms with Crippen molar-refractivity contribution in [3.05, 3.63) is 75.8 Å². The van der Waals surface area contributed by atoms with E-state index in [0.29, 0.717) is 32.7 Å². The average Bonchev–Trinajstić information content (AvgIpc) is 3.59. The Balaban J connectivity index is 0.00000486. The number of aromatic nitrogens is 2. The van der Waals surface area contributed by atoms with Gasteiger partial charge in [0.25, 0.3) is 0 Å². The molecule has 2 aromatic heterocycles. The summed E-state index contributed by atoms with van der Waals surface area (Å²) in [5.74, 6) is -3.93. The number of nitrogen functional groups attached to an aromatic ring is 1. The molecule has 1 unspecified atom stereocenters. The van der Waals surface area contributed by atoms with Crippen LogP contribution in [-0.2, 0) is 29.7 Å². The van der Waals surface area contributed by atoms with Gasteiger partial charge in [-0.2, -0.15) is 10.5 Å². The van der Waals surface area contributed by atoms with Gasteiger partial charge in [0.2, 0.25) is 5.91 Å². The maximum atomic E-state index is 12.1. The number of amides is 1. The molecule has 1 atom stereocenters. The number of anilines is 1. The monoisotopic (exact) mass is 792 g/mol. The number of rotatable bonds is 17. The summed E-state index contributed by atoms with van der Waals surface area (Å²) in [6.45, 7) is -0.228. The van der Waals surface area contributed by atoms with Crippen LogP contribution in [0, 0.1) is 22.7 Å². The summed E-state index contributed by atoms with van der Waals surface area (Å²) in [5.41, 5.74) is 8.93. The average molecular weight is 793 g/mol. The Morgan fingerprint density at radius 3 is 2.21 bits per heavy atom. The van der Waals surface area contributed by atoms with Crippen LogP contribution in [0.3, 0.4) is 0 Å². The number of thiazole rings is 1. The first kappa shape index (κ1) is 45.5. The standard InChI is InChI=1S/C34H29ClN6O8S2.2Na/c35-21-5-1-20(2-6-21)32-39-22(17-50-32)18-51-33-25(16-37)30(24(15-36)31(38)41-33)19-3-7-23(8-4-19)48-13-14-49-29(45)12-9-26(34(46)47)40-27(42)10-11-28(43)44;;/h1-8,17,26H,9-14,18H2,(H2,38,41)(H,40,42)(H,43,44)(H,46,47);;/q;2*+1/p-2. The number of hydrogen-bond donors (Lipinski definition) is 2. The summed E-state index contributed by atoms with van der Waals surface area (Å²) in [6, 6.07) is 16.5. The van der Waals surface area contributed by atoms with Crippen LogP contribution in [0.25, 0.3) is 21.7 Å². The molecule has 0 spiro atoms. The number of carbonyl (C=O) groups is 4. The van der Waals surface area contributed by atoms with Gasteiger partial charge in [-0.1, -0.05) is 47.6 Å². The van der Waals surface area contributed by atoms with E-state index in [2.05, 4.69) is 21.4 Å². The minimum Gasteiger partial charge on any atom is -0.550 e. The van der Waals surface area contributed by atoms with Crippen molar-refractivity contribution in [3.8, 4) is 39.6 Å². The fourth-order valence-corrected chi connectivity index (χ4v) is 6.47. The maximum absolute atomic E-state index is 12.1. The van der Waals surface area contributed by atoms with Gasteiger partial charge in [0.05, 0.1) is 23.3 Å². The number of aliphatic carboxylic acids is 2. The number of benzene rings is 2. The summed E-state index contributed by atoms with van der Waals surface area (Å²) in [7, 11) is 0. The molecule has 1 amide bonds. The molecular weight excluding hydrogens is 766 g/mol. The maximum Gasteiger partial charge on any atom is 1.00 e. The predicted molar refractivity (Wildman–Crippen MR) is 183 cm³/mol. The molecule has 0 radical (unpaired) electrons. The van der Waals surface area contributed by atoms with E-state index >= 15 is 0 Å². The van der Waals surface area contributed by atoms with E-state index in [1.165, 1.54) is 23.1 Å². The van der Waals surface area contributed by atoms with Crippen LogP contribution in [0.2, 0.25) is 5.02 Å². The Kier molecular flexibility index (Phi) is 19.3. The van der Waals surface area contributed by atoms with E-state index in [9.17, 15) is 39.9 Å². The molecule has 14 nitrogen and oxygen atoms in total. The van der Waals surface area contributed by atoms with Crippen LogP contribution in [0.15, 0.2) is 58.9 Å². The van der Waals surface area contributed by atoms with E-state index in [4.69, 9.17) is 26.8 Å². The number of carboxylic acids is 2. The normalized spacial score (nSPS) is 10.7. The zero-order chi connectivity index (χ0) is 36.9. The minimum atomic E-state index is -1.63. The summed E-state index contributed by atoms with van der Waals surface area (Å²) in [4.78, 5) is 54.6. The molecule has 0 saturated heterocycles. The summed E-state index contributed by atoms with van der Waals surface area (Å²) < 4.78 is 10.7. The van der Waals surface area contributed by atoms with E-state index in [0.717, 1.165) is 16.3 Å². The first-order chi connectivity index (χ1) is 24.5. The molecule has 4 rings (SSSR count). The third-order valence-corrected chi connectivity index (χ3v) is 9.19. The van der Waals surface area contributed by atoms with Crippen molar-refractivity contribution in [3.63, 3.8) is 0 Å². The number of carbonyl (C=O) groups excluding carboxylic acids is 4. The van der Waals surface area contributed by atoms with Crippen LogP contribution in [0.4, 0.5) is 5.82 Å². The van der Waals surface area contributed by atoms with Crippen molar-refractivity contribution in [2.45, 2.75) is 42.5 Å². The molecule has 0 aliphatic carbocycles. The Morgan fingerprint density at radius 2 is 1.58 bits per heavy atom. The second-order valence-electron chi connectivity index (χ2n) is 10.5. The van der Waals surface area contributed by atoms with Crippen LogP contribution in [0.1, 0.15) is 42.5 Å². The van der Waals surface area contributed by atoms with Gasteiger partial charge in [-0.05, 0) is 42.7 Å². The van der Waals surface area contributed by atoms with Crippen molar-refractivity contribution in [1.82, 2.24) is 15.3 Å². The quantitative estimate of drug-likeness (QED) is 0.0459. The molecule has 53 heavy (non-hydrogen) atoms. The molecule has 4 aromatic rings. The van der Waals surface area contributed by atoms with Crippen molar-refractivity contribution in [2.24, 2.45) is 0 Å². The largest absolute Gasteiger partial charge is 1.00 e. The van der Waals surface area contributed by atoms with Gasteiger partial charge in [0.1, 0.15) is 52.5 Å². The van der Waals surface area contributed by atoms with Crippen molar-refractivity contribution < 1.29 is 98.0 Å². The van der Waals surface area contributed by atoms with E-state index in [-0.39, 0.29) is 102 Å². The number of nitrogens with two attached hydrogens (primary N) is 1. The topological polar surface area (TPSA) is 244 Å². The molecule has 0 fully saturated rings. The predicted octanol–water partition coefficient (Wildman–Crippen LogP) is -3.38. The molecule has 0 bridgehead atoms. The Hall–Kier alpha value is -3.68. The Bertz CT molecular complexity index is 2000. The van der Waals surface area contributed by atoms with Crippen LogP contribution in [0.5, 0.6) is 5.75 Å². The number of esters is 1. The fraction of sp³-hybridized carbons (Fsp3) is 0.235. The third kappa shape index (κ3) is 13.6. The summed E-state index contributed by atoms with van der Waals surface area (Å²) >= 11 is 8.73. The second kappa shape index (κ2) is 22.5. The van der Waals surface area contributed by atoms with Crippen LogP contribution >= 0.6 is 34.7 Å². The number of nitriles is 2. The zero-order valence-electron chi connectivity index (χ0n) is 28.5.